The van der Waals surface area contributed by atoms with Gasteiger partial charge in [-0.25, -0.2) is 13.4 Å². The minimum absolute atomic E-state index is 0.00392. The summed E-state index contributed by atoms with van der Waals surface area (Å²) in [4.78, 5) is 20.2. The second kappa shape index (κ2) is 7.53. The number of hydrogen-bond acceptors (Lipinski definition) is 5. The topological polar surface area (TPSA) is 113 Å². The number of H-pyrrole nitrogens is 1. The van der Waals surface area contributed by atoms with Gasteiger partial charge in [-0.1, -0.05) is 18.2 Å². The van der Waals surface area contributed by atoms with Crippen LogP contribution in [0.15, 0.2) is 66.0 Å². The molecule has 1 amide bonds. The monoisotopic (exact) mass is 462 g/mol. The number of nitrogens with one attached hydrogen (secondary N) is 2. The molecule has 0 bridgehead atoms. The molecule has 0 radical (unpaired) electrons. The summed E-state index contributed by atoms with van der Waals surface area (Å²) >= 11 is 0. The number of hydrogen-bond donors (Lipinski definition) is 2. The number of carbonyl (C=O) groups excluding carboxylic acids is 1. The molecule has 4 heterocycles. The van der Waals surface area contributed by atoms with Gasteiger partial charge < -0.3 is 10.3 Å². The van der Waals surface area contributed by atoms with Crippen LogP contribution in [0.25, 0.3) is 22.2 Å². The van der Waals surface area contributed by atoms with E-state index in [4.69, 9.17) is 0 Å². The molecule has 0 atom stereocenters. The van der Waals surface area contributed by atoms with Gasteiger partial charge in [0.25, 0.3) is 0 Å². The Labute approximate surface area is 190 Å². The van der Waals surface area contributed by atoms with Crippen LogP contribution in [0.4, 0.5) is 5.82 Å². The Morgan fingerprint density at radius 2 is 1.91 bits per heavy atom. The first-order chi connectivity index (χ1) is 16.0. The molecule has 33 heavy (non-hydrogen) atoms. The largest absolute Gasteiger partial charge is 0.346 e. The first-order valence-electron chi connectivity index (χ1n) is 10.9. The fourth-order valence-electron chi connectivity index (χ4n) is 4.11. The highest BCUT2D eigenvalue weighted by molar-refractivity contribution is 7.89. The van der Waals surface area contributed by atoms with Crippen LogP contribution in [0.3, 0.4) is 0 Å². The minimum atomic E-state index is -3.49. The summed E-state index contributed by atoms with van der Waals surface area (Å²) < 4.78 is 28.8. The Balaban J connectivity index is 1.23. The molecular formula is C23H22N6O3S. The van der Waals surface area contributed by atoms with Crippen LogP contribution in [-0.2, 0) is 14.8 Å². The van der Waals surface area contributed by atoms with E-state index >= 15 is 0 Å². The Kier molecular flexibility index (Phi) is 4.59. The van der Waals surface area contributed by atoms with Crippen molar-refractivity contribution in [2.75, 3.05) is 18.4 Å². The highest BCUT2D eigenvalue weighted by atomic mass is 32.2. The Hall–Kier alpha value is -3.50. The number of rotatable bonds is 6. The van der Waals surface area contributed by atoms with Gasteiger partial charge in [0.05, 0.1) is 17.1 Å². The van der Waals surface area contributed by atoms with Crippen LogP contribution in [-0.4, -0.2) is 51.5 Å². The third-order valence-corrected chi connectivity index (χ3v) is 8.07. The van der Waals surface area contributed by atoms with Crippen molar-refractivity contribution < 1.29 is 13.2 Å². The second-order valence-corrected chi connectivity index (χ2v) is 10.5. The molecule has 1 aromatic carbocycles. The van der Waals surface area contributed by atoms with Crippen LogP contribution < -0.4 is 5.32 Å². The fraction of sp³-hybridized carbons (Fsp3) is 0.261. The summed E-state index contributed by atoms with van der Waals surface area (Å²) in [6, 6.07) is 12.2. The van der Waals surface area contributed by atoms with Crippen molar-refractivity contribution in [1.29, 1.82) is 0 Å². The molecule has 9 nitrogen and oxygen atoms in total. The minimum Gasteiger partial charge on any atom is -0.346 e. The Bertz CT molecular complexity index is 1450. The van der Waals surface area contributed by atoms with Crippen molar-refractivity contribution in [2.24, 2.45) is 5.92 Å². The standard InChI is InChI=1S/C23H22N6O3S/c30-23(15-6-7-15)27-21-10-20(19-8-9-24-22(19)26-21)16-11-25-29(12-16)17-13-28(14-17)33(31,32)18-4-2-1-3-5-18/h1-5,8-12,15,17H,6-7,13-14H2,(H2,24,26,27,30). The summed E-state index contributed by atoms with van der Waals surface area (Å²) in [7, 11) is -3.49. The molecule has 10 heteroatoms. The molecule has 1 aliphatic carbocycles. The van der Waals surface area contributed by atoms with Crippen molar-refractivity contribution in [3.05, 3.63) is 61.1 Å². The van der Waals surface area contributed by atoms with Crippen molar-refractivity contribution in [3.8, 4) is 11.1 Å². The van der Waals surface area contributed by atoms with Crippen LogP contribution in [0.1, 0.15) is 18.9 Å². The van der Waals surface area contributed by atoms with Gasteiger partial charge in [0, 0.05) is 42.4 Å². The van der Waals surface area contributed by atoms with Crippen LogP contribution in [0.5, 0.6) is 0 Å². The average Bonchev–Trinajstić information content (AvgIpc) is 3.34. The molecule has 0 spiro atoms. The molecule has 3 aromatic heterocycles. The summed E-state index contributed by atoms with van der Waals surface area (Å²) in [5.74, 6) is 0.601. The van der Waals surface area contributed by atoms with E-state index in [2.05, 4.69) is 20.4 Å². The number of aromatic nitrogens is 4. The zero-order valence-electron chi connectivity index (χ0n) is 17.7. The maximum atomic E-state index is 12.8. The number of carbonyl (C=O) groups is 1. The molecule has 2 aliphatic rings. The third-order valence-electron chi connectivity index (χ3n) is 6.22. The van der Waals surface area contributed by atoms with E-state index in [0.29, 0.717) is 29.5 Å². The number of benzene rings is 1. The van der Waals surface area contributed by atoms with E-state index in [-0.39, 0.29) is 17.9 Å². The molecular weight excluding hydrogens is 440 g/mol. The zero-order valence-corrected chi connectivity index (χ0v) is 18.5. The van der Waals surface area contributed by atoms with Crippen molar-refractivity contribution >= 4 is 32.8 Å². The van der Waals surface area contributed by atoms with E-state index in [0.717, 1.165) is 29.4 Å². The molecule has 168 valence electrons. The highest BCUT2D eigenvalue weighted by Crippen LogP contribution is 2.34. The maximum absolute atomic E-state index is 12.8. The predicted octanol–water partition coefficient (Wildman–Crippen LogP) is 3.02. The Morgan fingerprint density at radius 3 is 2.67 bits per heavy atom. The van der Waals surface area contributed by atoms with Crippen LogP contribution >= 0.6 is 0 Å². The lowest BCUT2D eigenvalue weighted by Crippen LogP contribution is -2.50. The predicted molar refractivity (Wildman–Crippen MR) is 123 cm³/mol. The van der Waals surface area contributed by atoms with E-state index < -0.39 is 10.0 Å². The lowest BCUT2D eigenvalue weighted by atomic mass is 10.1. The third kappa shape index (κ3) is 3.61. The Morgan fingerprint density at radius 1 is 1.12 bits per heavy atom. The van der Waals surface area contributed by atoms with Crippen molar-refractivity contribution in [3.63, 3.8) is 0 Å². The lowest BCUT2D eigenvalue weighted by molar-refractivity contribution is -0.117. The quantitative estimate of drug-likeness (QED) is 0.457. The molecule has 1 saturated carbocycles. The number of pyridine rings is 1. The van der Waals surface area contributed by atoms with Gasteiger partial charge in [0.2, 0.25) is 15.9 Å². The van der Waals surface area contributed by atoms with Gasteiger partial charge in [-0.3, -0.25) is 9.48 Å². The van der Waals surface area contributed by atoms with Gasteiger partial charge in [0.15, 0.2) is 0 Å². The van der Waals surface area contributed by atoms with Gasteiger partial charge in [-0.2, -0.15) is 9.40 Å². The van der Waals surface area contributed by atoms with E-state index in [1.165, 1.54) is 4.31 Å². The van der Waals surface area contributed by atoms with Crippen LogP contribution in [0, 0.1) is 5.92 Å². The number of sulfonamides is 1. The van der Waals surface area contributed by atoms with Crippen molar-refractivity contribution in [2.45, 2.75) is 23.8 Å². The molecule has 1 saturated heterocycles. The average molecular weight is 463 g/mol. The zero-order chi connectivity index (χ0) is 22.6. The number of anilines is 1. The SMILES string of the molecule is O=C(Nc1cc(-c2cnn(C3CN(S(=O)(=O)c4ccccc4)C3)c2)c2cc[nH]c2n1)C1CC1. The van der Waals surface area contributed by atoms with Gasteiger partial charge >= 0.3 is 0 Å². The normalized spacial score (nSPS) is 17.2. The summed E-state index contributed by atoms with van der Waals surface area (Å²) in [5, 5.41) is 8.35. The fourth-order valence-corrected chi connectivity index (χ4v) is 5.65. The van der Waals surface area contributed by atoms with Gasteiger partial charge in [-0.15, -0.1) is 0 Å². The number of fused-ring (bicyclic) bond motifs is 1. The first kappa shape index (κ1) is 20.1. The van der Waals surface area contributed by atoms with E-state index in [1.807, 2.05) is 29.2 Å². The number of nitrogens with zero attached hydrogens (tertiary/aromatic N) is 4. The van der Waals surface area contributed by atoms with Gasteiger partial charge in [0.1, 0.15) is 11.5 Å². The number of aromatic amines is 1. The molecule has 1 aliphatic heterocycles. The molecule has 2 N–H and O–H groups in total. The number of amides is 1. The smallest absolute Gasteiger partial charge is 0.243 e. The second-order valence-electron chi connectivity index (χ2n) is 8.56. The maximum Gasteiger partial charge on any atom is 0.243 e. The molecule has 2 fully saturated rings. The van der Waals surface area contributed by atoms with Gasteiger partial charge in [-0.05, 0) is 42.7 Å². The van der Waals surface area contributed by atoms with Crippen molar-refractivity contribution in [1.82, 2.24) is 24.1 Å². The van der Waals surface area contributed by atoms with E-state index in [9.17, 15) is 13.2 Å². The highest BCUT2D eigenvalue weighted by Gasteiger charge is 2.38. The molecule has 0 unspecified atom stereocenters. The first-order valence-corrected chi connectivity index (χ1v) is 12.3. The summed E-state index contributed by atoms with van der Waals surface area (Å²) in [5.41, 5.74) is 2.48. The molecule has 6 rings (SSSR count). The molecule has 4 aromatic rings. The van der Waals surface area contributed by atoms with E-state index in [1.54, 1.807) is 36.5 Å². The summed E-state index contributed by atoms with van der Waals surface area (Å²) in [6.07, 6.45) is 7.35. The van der Waals surface area contributed by atoms with Crippen LogP contribution in [0.2, 0.25) is 0 Å². The summed E-state index contributed by atoms with van der Waals surface area (Å²) in [6.45, 7) is 0.744. The lowest BCUT2D eigenvalue weighted by Gasteiger charge is -2.37.